The van der Waals surface area contributed by atoms with Gasteiger partial charge in [-0.1, -0.05) is 0 Å². The van der Waals surface area contributed by atoms with Crippen molar-refractivity contribution < 1.29 is 8.81 Å². The zero-order valence-corrected chi connectivity index (χ0v) is 10.4. The van der Waals surface area contributed by atoms with Gasteiger partial charge >= 0.3 is 0 Å². The number of rotatable bonds is 1. The lowest BCUT2D eigenvalue weighted by Crippen LogP contribution is -2.05. The molecule has 3 aromatic rings. The Kier molecular flexibility index (Phi) is 2.68. The summed E-state index contributed by atoms with van der Waals surface area (Å²) < 4.78 is 19.0. The maximum absolute atomic E-state index is 13.4. The van der Waals surface area contributed by atoms with Crippen molar-refractivity contribution in [2.75, 3.05) is 11.5 Å². The second-order valence-electron chi connectivity index (χ2n) is 4.43. The van der Waals surface area contributed by atoms with E-state index in [1.807, 2.05) is 0 Å². The molecule has 0 unspecified atom stereocenters. The van der Waals surface area contributed by atoms with Crippen LogP contribution in [0.3, 0.4) is 0 Å². The third-order valence-corrected chi connectivity index (χ3v) is 3.08. The average molecular weight is 270 g/mol. The molecule has 0 fully saturated rings. The largest absolute Gasteiger partial charge is 0.456 e. The predicted octanol–water partition coefficient (Wildman–Crippen LogP) is 2.76. The average Bonchev–Trinajstić information content (AvgIpc) is 2.43. The highest BCUT2D eigenvalue weighted by Crippen LogP contribution is 2.26. The van der Waals surface area contributed by atoms with E-state index in [9.17, 15) is 9.18 Å². The number of hydrogen-bond donors (Lipinski definition) is 2. The van der Waals surface area contributed by atoms with E-state index in [1.165, 1.54) is 18.2 Å². The van der Waals surface area contributed by atoms with Gasteiger partial charge in [-0.3, -0.25) is 4.79 Å². The molecule has 0 bridgehead atoms. The fourth-order valence-electron chi connectivity index (χ4n) is 2.04. The Morgan fingerprint density at radius 3 is 2.40 bits per heavy atom. The van der Waals surface area contributed by atoms with Gasteiger partial charge < -0.3 is 15.9 Å². The molecule has 0 aliphatic rings. The van der Waals surface area contributed by atoms with E-state index in [2.05, 4.69) is 0 Å². The zero-order chi connectivity index (χ0) is 14.3. The standard InChI is InChI=1S/C15H11FN2O2/c16-10-5-6-12-14(15(10)18)11(19)7-13(20-12)8-1-3-9(17)4-2-8/h1-7H,17-18H2. The number of anilines is 2. The van der Waals surface area contributed by atoms with Crippen LogP contribution in [0.25, 0.3) is 22.3 Å². The van der Waals surface area contributed by atoms with Crippen LogP contribution in [0.5, 0.6) is 0 Å². The molecular formula is C15H11FN2O2. The number of nitrogen functional groups attached to an aromatic ring is 2. The van der Waals surface area contributed by atoms with Crippen LogP contribution in [0.15, 0.2) is 51.7 Å². The van der Waals surface area contributed by atoms with E-state index < -0.39 is 5.82 Å². The molecule has 1 heterocycles. The molecule has 0 atom stereocenters. The number of hydrogen-bond acceptors (Lipinski definition) is 4. The third-order valence-electron chi connectivity index (χ3n) is 3.08. The predicted molar refractivity (Wildman–Crippen MR) is 76.7 cm³/mol. The minimum absolute atomic E-state index is 0.0594. The SMILES string of the molecule is Nc1ccc(-c2cc(=O)c3c(N)c(F)ccc3o2)cc1. The lowest BCUT2D eigenvalue weighted by atomic mass is 10.1. The number of fused-ring (bicyclic) bond motifs is 1. The highest BCUT2D eigenvalue weighted by Gasteiger charge is 2.12. The first-order valence-corrected chi connectivity index (χ1v) is 5.94. The van der Waals surface area contributed by atoms with Gasteiger partial charge in [0.1, 0.15) is 17.2 Å². The second-order valence-corrected chi connectivity index (χ2v) is 4.43. The minimum Gasteiger partial charge on any atom is -0.456 e. The van der Waals surface area contributed by atoms with Gasteiger partial charge in [0.15, 0.2) is 5.43 Å². The third kappa shape index (κ3) is 1.89. The molecule has 2 aromatic carbocycles. The number of halogens is 1. The van der Waals surface area contributed by atoms with E-state index in [-0.39, 0.29) is 22.1 Å². The van der Waals surface area contributed by atoms with Gasteiger partial charge in [-0.15, -0.1) is 0 Å². The van der Waals surface area contributed by atoms with Crippen LogP contribution in [-0.4, -0.2) is 0 Å². The first kappa shape index (κ1) is 12.2. The Morgan fingerprint density at radius 1 is 1.00 bits per heavy atom. The lowest BCUT2D eigenvalue weighted by Gasteiger charge is -2.05. The first-order valence-electron chi connectivity index (χ1n) is 5.94. The molecule has 0 saturated heterocycles. The smallest absolute Gasteiger partial charge is 0.195 e. The monoisotopic (exact) mass is 270 g/mol. The molecule has 0 aliphatic heterocycles. The Labute approximate surface area is 113 Å². The van der Waals surface area contributed by atoms with Crippen molar-refractivity contribution in [2.45, 2.75) is 0 Å². The van der Waals surface area contributed by atoms with Crippen molar-refractivity contribution >= 4 is 22.3 Å². The summed E-state index contributed by atoms with van der Waals surface area (Å²) in [5, 5.41) is 0.0594. The first-order chi connectivity index (χ1) is 9.56. The Balaban J connectivity index is 2.28. The van der Waals surface area contributed by atoms with E-state index in [1.54, 1.807) is 24.3 Å². The molecule has 5 heteroatoms. The Morgan fingerprint density at radius 2 is 1.70 bits per heavy atom. The molecular weight excluding hydrogens is 259 g/mol. The summed E-state index contributed by atoms with van der Waals surface area (Å²) >= 11 is 0. The molecule has 0 saturated carbocycles. The molecule has 100 valence electrons. The van der Waals surface area contributed by atoms with Crippen LogP contribution in [0, 0.1) is 5.82 Å². The van der Waals surface area contributed by atoms with Gasteiger partial charge in [0, 0.05) is 17.3 Å². The lowest BCUT2D eigenvalue weighted by molar-refractivity contribution is 0.610. The molecule has 20 heavy (non-hydrogen) atoms. The van der Waals surface area contributed by atoms with Crippen molar-refractivity contribution in [2.24, 2.45) is 0 Å². The van der Waals surface area contributed by atoms with Crippen LogP contribution >= 0.6 is 0 Å². The van der Waals surface area contributed by atoms with Crippen molar-refractivity contribution in [3.05, 3.63) is 58.5 Å². The van der Waals surface area contributed by atoms with Crippen LogP contribution in [0.1, 0.15) is 0 Å². The van der Waals surface area contributed by atoms with Gasteiger partial charge in [0.05, 0.1) is 11.1 Å². The fraction of sp³-hybridized carbons (Fsp3) is 0. The zero-order valence-electron chi connectivity index (χ0n) is 10.4. The topological polar surface area (TPSA) is 82.2 Å². The van der Waals surface area contributed by atoms with Crippen molar-refractivity contribution in [3.8, 4) is 11.3 Å². The van der Waals surface area contributed by atoms with Gasteiger partial charge in [-0.25, -0.2) is 4.39 Å². The molecule has 4 N–H and O–H groups in total. The molecule has 0 radical (unpaired) electrons. The van der Waals surface area contributed by atoms with E-state index >= 15 is 0 Å². The highest BCUT2D eigenvalue weighted by molar-refractivity contribution is 5.90. The summed E-state index contributed by atoms with van der Waals surface area (Å²) in [5.74, 6) is -0.251. The van der Waals surface area contributed by atoms with E-state index in [0.717, 1.165) is 0 Å². The number of nitrogens with two attached hydrogens (primary N) is 2. The summed E-state index contributed by atoms with van der Waals surface area (Å²) in [6.45, 7) is 0. The molecule has 0 spiro atoms. The molecule has 1 aromatic heterocycles. The Bertz CT molecular complexity index is 854. The van der Waals surface area contributed by atoms with E-state index in [0.29, 0.717) is 17.0 Å². The molecule has 4 nitrogen and oxygen atoms in total. The van der Waals surface area contributed by atoms with Gasteiger partial charge in [-0.05, 0) is 36.4 Å². The van der Waals surface area contributed by atoms with Crippen LogP contribution in [0.4, 0.5) is 15.8 Å². The molecule has 3 rings (SSSR count). The van der Waals surface area contributed by atoms with Gasteiger partial charge in [0.25, 0.3) is 0 Å². The van der Waals surface area contributed by atoms with Crippen molar-refractivity contribution in [1.29, 1.82) is 0 Å². The molecule has 0 aliphatic carbocycles. The van der Waals surface area contributed by atoms with E-state index in [4.69, 9.17) is 15.9 Å². The van der Waals surface area contributed by atoms with Gasteiger partial charge in [-0.2, -0.15) is 0 Å². The maximum Gasteiger partial charge on any atom is 0.195 e. The summed E-state index contributed by atoms with van der Waals surface area (Å²) in [7, 11) is 0. The van der Waals surface area contributed by atoms with Crippen LogP contribution in [-0.2, 0) is 0 Å². The number of benzene rings is 2. The van der Waals surface area contributed by atoms with Crippen LogP contribution < -0.4 is 16.9 Å². The van der Waals surface area contributed by atoms with Crippen molar-refractivity contribution in [1.82, 2.24) is 0 Å². The molecule has 0 amide bonds. The summed E-state index contributed by atoms with van der Waals surface area (Å²) in [6.07, 6.45) is 0. The van der Waals surface area contributed by atoms with Crippen molar-refractivity contribution in [3.63, 3.8) is 0 Å². The summed E-state index contributed by atoms with van der Waals surface area (Å²) in [6, 6.07) is 10.8. The minimum atomic E-state index is -0.634. The van der Waals surface area contributed by atoms with Gasteiger partial charge in [0.2, 0.25) is 0 Å². The summed E-state index contributed by atoms with van der Waals surface area (Å²) in [4.78, 5) is 12.1. The summed E-state index contributed by atoms with van der Waals surface area (Å²) in [5.41, 5.74) is 12.2. The quantitative estimate of drug-likeness (QED) is 0.666. The second kappa shape index (κ2) is 4.38. The van der Waals surface area contributed by atoms with Crippen LogP contribution in [0.2, 0.25) is 0 Å². The normalized spacial score (nSPS) is 10.8. The fourth-order valence-corrected chi connectivity index (χ4v) is 2.04. The maximum atomic E-state index is 13.4. The Hall–Kier alpha value is -2.82. The highest BCUT2D eigenvalue weighted by atomic mass is 19.1.